The Morgan fingerprint density at radius 3 is 2.42 bits per heavy atom. The van der Waals surface area contributed by atoms with Crippen molar-refractivity contribution < 1.29 is 19.4 Å². The smallest absolute Gasteiger partial charge is 0.290 e. The van der Waals surface area contributed by atoms with Gasteiger partial charge >= 0.3 is 0 Å². The number of ketones is 1. The van der Waals surface area contributed by atoms with Crippen LogP contribution in [0.1, 0.15) is 52.1 Å². The Morgan fingerprint density at radius 2 is 1.85 bits per heavy atom. The highest BCUT2D eigenvalue weighted by Crippen LogP contribution is 2.38. The highest BCUT2D eigenvalue weighted by atomic mass is 16.5. The molecule has 1 unspecified atom stereocenters. The average Bonchev–Trinajstić information content (AvgIpc) is 2.83. The molecule has 1 aliphatic rings. The number of aliphatic hydroxyl groups is 1. The van der Waals surface area contributed by atoms with E-state index in [1.54, 1.807) is 4.90 Å². The summed E-state index contributed by atoms with van der Waals surface area (Å²) in [6.07, 6.45) is 1.08. The first-order valence-corrected chi connectivity index (χ1v) is 9.26. The lowest BCUT2D eigenvalue weighted by atomic mass is 9.92. The number of carbonyl (C=O) groups is 2. The number of Topliss-reactive ketones (excluding diaryl/α,β-unsaturated/α-hetero) is 1. The summed E-state index contributed by atoms with van der Waals surface area (Å²) >= 11 is 0. The second-order valence-electron chi connectivity index (χ2n) is 7.37. The number of ether oxygens (including phenoxy) is 1. The third-order valence-corrected chi connectivity index (χ3v) is 4.31. The lowest BCUT2D eigenvalue weighted by Gasteiger charge is -2.27. The Balaban J connectivity index is 2.28. The van der Waals surface area contributed by atoms with Crippen LogP contribution in [0.2, 0.25) is 0 Å². The summed E-state index contributed by atoms with van der Waals surface area (Å²) in [6, 6.07) is 8.88. The second-order valence-corrected chi connectivity index (χ2v) is 7.37. The van der Waals surface area contributed by atoms with Crippen LogP contribution in [0.5, 0.6) is 0 Å². The lowest BCUT2D eigenvalue weighted by Crippen LogP contribution is -2.32. The van der Waals surface area contributed by atoms with Crippen molar-refractivity contribution >= 4 is 11.7 Å². The molecule has 142 valence electrons. The monoisotopic (exact) mass is 359 g/mol. The van der Waals surface area contributed by atoms with E-state index in [-0.39, 0.29) is 23.4 Å². The normalized spacial score (nSPS) is 17.7. The Morgan fingerprint density at radius 1 is 1.19 bits per heavy atom. The number of aliphatic hydroxyl groups excluding tert-OH is 1. The van der Waals surface area contributed by atoms with E-state index in [2.05, 4.69) is 0 Å². The standard InChI is InChI=1S/C21H29NO4/c1-14(2)13-17(23)18-19(16-9-6-5-7-10-16)22(21(25)20(18)24)11-8-12-26-15(3)4/h5-7,9-10,14-15,19,24H,8,11-13H2,1-4H3. The summed E-state index contributed by atoms with van der Waals surface area (Å²) < 4.78 is 5.55. The summed E-state index contributed by atoms with van der Waals surface area (Å²) in [6.45, 7) is 8.77. The molecule has 5 nitrogen and oxygen atoms in total. The predicted octanol–water partition coefficient (Wildman–Crippen LogP) is 3.81. The molecule has 0 saturated heterocycles. The van der Waals surface area contributed by atoms with E-state index in [0.717, 1.165) is 5.56 Å². The van der Waals surface area contributed by atoms with Crippen molar-refractivity contribution in [2.75, 3.05) is 13.2 Å². The molecule has 0 aromatic heterocycles. The molecular formula is C21H29NO4. The van der Waals surface area contributed by atoms with E-state index in [4.69, 9.17) is 4.74 Å². The fourth-order valence-electron chi connectivity index (χ4n) is 3.19. The Kier molecular flexibility index (Phi) is 6.98. The van der Waals surface area contributed by atoms with Crippen molar-refractivity contribution in [3.8, 4) is 0 Å². The highest BCUT2D eigenvalue weighted by Gasteiger charge is 2.42. The number of rotatable bonds is 9. The molecule has 1 heterocycles. The van der Waals surface area contributed by atoms with E-state index in [0.29, 0.717) is 26.0 Å². The van der Waals surface area contributed by atoms with Gasteiger partial charge in [0.25, 0.3) is 5.91 Å². The molecule has 0 saturated carbocycles. The van der Waals surface area contributed by atoms with Gasteiger partial charge in [0.1, 0.15) is 0 Å². The molecular weight excluding hydrogens is 330 g/mol. The molecule has 1 amide bonds. The molecule has 0 bridgehead atoms. The fourth-order valence-corrected chi connectivity index (χ4v) is 3.19. The van der Waals surface area contributed by atoms with Gasteiger partial charge in [-0.3, -0.25) is 9.59 Å². The number of amides is 1. The Hall–Kier alpha value is -2.14. The van der Waals surface area contributed by atoms with Crippen molar-refractivity contribution in [2.24, 2.45) is 5.92 Å². The van der Waals surface area contributed by atoms with E-state index >= 15 is 0 Å². The van der Waals surface area contributed by atoms with Crippen LogP contribution in [0.4, 0.5) is 0 Å². The molecule has 2 rings (SSSR count). The number of nitrogens with zero attached hydrogens (tertiary/aromatic N) is 1. The molecule has 26 heavy (non-hydrogen) atoms. The number of benzene rings is 1. The van der Waals surface area contributed by atoms with Gasteiger partial charge in [-0.15, -0.1) is 0 Å². The van der Waals surface area contributed by atoms with E-state index in [9.17, 15) is 14.7 Å². The van der Waals surface area contributed by atoms with Gasteiger partial charge in [-0.05, 0) is 31.7 Å². The molecule has 0 spiro atoms. The molecule has 1 aromatic carbocycles. The average molecular weight is 359 g/mol. The van der Waals surface area contributed by atoms with Crippen LogP contribution in [0.15, 0.2) is 41.7 Å². The minimum atomic E-state index is -0.533. The number of hydrogen-bond acceptors (Lipinski definition) is 4. The Labute approximate surface area is 155 Å². The third kappa shape index (κ3) is 4.73. The number of hydrogen-bond donors (Lipinski definition) is 1. The summed E-state index contributed by atoms with van der Waals surface area (Å²) in [5.41, 5.74) is 1.06. The van der Waals surface area contributed by atoms with Crippen LogP contribution >= 0.6 is 0 Å². The third-order valence-electron chi connectivity index (χ3n) is 4.31. The molecule has 1 N–H and O–H groups in total. The van der Waals surface area contributed by atoms with Gasteiger partial charge < -0.3 is 14.7 Å². The number of carbonyl (C=O) groups excluding carboxylic acids is 2. The Bertz CT molecular complexity index is 664. The van der Waals surface area contributed by atoms with Gasteiger partial charge in [-0.2, -0.15) is 0 Å². The quantitative estimate of drug-likeness (QED) is 0.681. The first kappa shape index (κ1) is 20.2. The van der Waals surface area contributed by atoms with E-state index in [1.807, 2.05) is 58.0 Å². The molecule has 1 atom stereocenters. The SMILES string of the molecule is CC(C)CC(=O)C1=C(O)C(=O)N(CCCOC(C)C)C1c1ccccc1. The van der Waals surface area contributed by atoms with Crippen LogP contribution in [0, 0.1) is 5.92 Å². The van der Waals surface area contributed by atoms with E-state index in [1.165, 1.54) is 0 Å². The largest absolute Gasteiger partial charge is 0.503 e. The molecule has 1 aromatic rings. The zero-order valence-corrected chi connectivity index (χ0v) is 16.1. The van der Waals surface area contributed by atoms with Gasteiger partial charge in [0.05, 0.1) is 17.7 Å². The maximum Gasteiger partial charge on any atom is 0.290 e. The molecule has 1 aliphatic heterocycles. The van der Waals surface area contributed by atoms with Gasteiger partial charge in [0, 0.05) is 19.6 Å². The highest BCUT2D eigenvalue weighted by molar-refractivity contribution is 6.09. The van der Waals surface area contributed by atoms with Crippen LogP contribution in [-0.2, 0) is 14.3 Å². The van der Waals surface area contributed by atoms with Crippen molar-refractivity contribution in [3.63, 3.8) is 0 Å². The molecule has 0 radical (unpaired) electrons. The zero-order chi connectivity index (χ0) is 19.3. The minimum absolute atomic E-state index is 0.129. The molecule has 0 fully saturated rings. The predicted molar refractivity (Wildman–Crippen MR) is 101 cm³/mol. The van der Waals surface area contributed by atoms with Crippen LogP contribution in [0.3, 0.4) is 0 Å². The maximum atomic E-state index is 12.7. The van der Waals surface area contributed by atoms with Gasteiger partial charge in [0.2, 0.25) is 0 Å². The van der Waals surface area contributed by atoms with Gasteiger partial charge in [-0.25, -0.2) is 0 Å². The van der Waals surface area contributed by atoms with Crippen LogP contribution in [-0.4, -0.2) is 41.0 Å². The van der Waals surface area contributed by atoms with Gasteiger partial charge in [-0.1, -0.05) is 44.2 Å². The van der Waals surface area contributed by atoms with Gasteiger partial charge in [0.15, 0.2) is 11.5 Å². The van der Waals surface area contributed by atoms with Crippen molar-refractivity contribution in [2.45, 2.75) is 52.7 Å². The van der Waals surface area contributed by atoms with Crippen molar-refractivity contribution in [3.05, 3.63) is 47.2 Å². The maximum absolute atomic E-state index is 12.7. The second kappa shape index (κ2) is 8.99. The van der Waals surface area contributed by atoms with E-state index < -0.39 is 17.7 Å². The molecule has 5 heteroatoms. The van der Waals surface area contributed by atoms with Crippen molar-refractivity contribution in [1.29, 1.82) is 0 Å². The first-order valence-electron chi connectivity index (χ1n) is 9.26. The summed E-state index contributed by atoms with van der Waals surface area (Å²) in [7, 11) is 0. The van der Waals surface area contributed by atoms with Crippen LogP contribution in [0.25, 0.3) is 0 Å². The molecule has 0 aliphatic carbocycles. The first-order chi connectivity index (χ1) is 12.3. The topological polar surface area (TPSA) is 66.8 Å². The minimum Gasteiger partial charge on any atom is -0.503 e. The van der Waals surface area contributed by atoms with Crippen molar-refractivity contribution in [1.82, 2.24) is 4.90 Å². The lowest BCUT2D eigenvalue weighted by molar-refractivity contribution is -0.129. The van der Waals surface area contributed by atoms with Crippen LogP contribution < -0.4 is 0 Å². The summed E-state index contributed by atoms with van der Waals surface area (Å²) in [5.74, 6) is -0.895. The summed E-state index contributed by atoms with van der Waals surface area (Å²) in [4.78, 5) is 27.0. The zero-order valence-electron chi connectivity index (χ0n) is 16.1. The fraction of sp³-hybridized carbons (Fsp3) is 0.524. The summed E-state index contributed by atoms with van der Waals surface area (Å²) in [5, 5.41) is 10.4.